The van der Waals surface area contributed by atoms with E-state index in [0.29, 0.717) is 5.69 Å². The molecule has 0 radical (unpaired) electrons. The molecule has 5 nitrogen and oxygen atoms in total. The molecule has 4 aromatic rings. The fourth-order valence-corrected chi connectivity index (χ4v) is 2.75. The van der Waals surface area contributed by atoms with Crippen LogP contribution in [0.15, 0.2) is 85.2 Å². The molecule has 132 valence electrons. The first-order valence-electron chi connectivity index (χ1n) is 8.33. The summed E-state index contributed by atoms with van der Waals surface area (Å²) in [6.07, 6.45) is 3.37. The van der Waals surface area contributed by atoms with Crippen LogP contribution < -0.4 is 5.32 Å². The molecule has 2 heterocycles. The first-order chi connectivity index (χ1) is 13.2. The van der Waals surface area contributed by atoms with Gasteiger partial charge in [-0.2, -0.15) is 5.10 Å². The average Bonchev–Trinajstić information content (AvgIpc) is 3.15. The van der Waals surface area contributed by atoms with Crippen molar-refractivity contribution in [2.24, 2.45) is 0 Å². The van der Waals surface area contributed by atoms with Crippen LogP contribution in [0.5, 0.6) is 0 Å². The van der Waals surface area contributed by atoms with Crippen LogP contribution in [0.25, 0.3) is 16.9 Å². The summed E-state index contributed by atoms with van der Waals surface area (Å²) >= 11 is 0. The van der Waals surface area contributed by atoms with Gasteiger partial charge in [-0.25, -0.2) is 9.07 Å². The van der Waals surface area contributed by atoms with E-state index in [1.165, 1.54) is 18.2 Å². The van der Waals surface area contributed by atoms with E-state index >= 15 is 0 Å². The molecular formula is C21H15FN4O. The summed E-state index contributed by atoms with van der Waals surface area (Å²) in [6, 6.07) is 20.7. The number of pyridine rings is 1. The Bertz CT molecular complexity index is 1020. The Morgan fingerprint density at radius 1 is 0.926 bits per heavy atom. The number of nitrogens with one attached hydrogen (secondary N) is 1. The Kier molecular flexibility index (Phi) is 4.45. The highest BCUT2D eigenvalue weighted by molar-refractivity contribution is 6.03. The van der Waals surface area contributed by atoms with Crippen LogP contribution in [0.1, 0.15) is 10.5 Å². The van der Waals surface area contributed by atoms with Crippen LogP contribution in [-0.2, 0) is 0 Å². The topological polar surface area (TPSA) is 59.8 Å². The van der Waals surface area contributed by atoms with Crippen molar-refractivity contribution in [3.05, 3.63) is 96.7 Å². The maximum absolute atomic E-state index is 13.4. The van der Waals surface area contributed by atoms with Gasteiger partial charge in [-0.1, -0.05) is 24.3 Å². The van der Waals surface area contributed by atoms with Crippen molar-refractivity contribution in [1.82, 2.24) is 14.8 Å². The highest BCUT2D eigenvalue weighted by atomic mass is 19.1. The van der Waals surface area contributed by atoms with Gasteiger partial charge in [-0.15, -0.1) is 0 Å². The van der Waals surface area contributed by atoms with Crippen molar-refractivity contribution < 1.29 is 9.18 Å². The van der Waals surface area contributed by atoms with Gasteiger partial charge in [0.05, 0.1) is 11.4 Å². The van der Waals surface area contributed by atoms with Crippen molar-refractivity contribution in [1.29, 1.82) is 0 Å². The molecule has 0 aliphatic rings. The summed E-state index contributed by atoms with van der Waals surface area (Å²) in [4.78, 5) is 16.7. The number of amides is 1. The van der Waals surface area contributed by atoms with E-state index in [2.05, 4.69) is 15.4 Å². The summed E-state index contributed by atoms with van der Waals surface area (Å²) in [7, 11) is 0. The normalized spacial score (nSPS) is 10.6. The molecule has 2 aromatic heterocycles. The molecule has 0 aliphatic carbocycles. The first kappa shape index (κ1) is 16.7. The molecule has 6 heteroatoms. The molecule has 27 heavy (non-hydrogen) atoms. The minimum absolute atomic E-state index is 0.231. The van der Waals surface area contributed by atoms with Crippen LogP contribution in [0, 0.1) is 5.82 Å². The van der Waals surface area contributed by atoms with Crippen LogP contribution in [0.2, 0.25) is 0 Å². The molecule has 1 amide bonds. The number of hydrogen-bond acceptors (Lipinski definition) is 3. The maximum atomic E-state index is 13.4. The summed E-state index contributed by atoms with van der Waals surface area (Å²) in [6.45, 7) is 0. The average molecular weight is 358 g/mol. The minimum Gasteiger partial charge on any atom is -0.320 e. The fourth-order valence-electron chi connectivity index (χ4n) is 2.75. The third kappa shape index (κ3) is 3.59. The third-order valence-corrected chi connectivity index (χ3v) is 4.00. The predicted octanol–water partition coefficient (Wildman–Crippen LogP) is 4.33. The smallest absolute Gasteiger partial charge is 0.276 e. The molecule has 0 unspecified atom stereocenters. The van der Waals surface area contributed by atoms with Crippen LogP contribution >= 0.6 is 0 Å². The van der Waals surface area contributed by atoms with E-state index in [0.717, 1.165) is 16.9 Å². The number of anilines is 1. The number of carbonyl (C=O) groups is 1. The van der Waals surface area contributed by atoms with Crippen LogP contribution in [0.3, 0.4) is 0 Å². The molecule has 0 spiro atoms. The molecule has 2 aromatic carbocycles. The lowest BCUT2D eigenvalue weighted by molar-refractivity contribution is 0.102. The Labute approximate surface area is 155 Å². The second-order valence-corrected chi connectivity index (χ2v) is 5.86. The lowest BCUT2D eigenvalue weighted by Crippen LogP contribution is -2.13. The number of aromatic nitrogens is 3. The molecule has 1 N–H and O–H groups in total. The predicted molar refractivity (Wildman–Crippen MR) is 101 cm³/mol. The number of rotatable bonds is 4. The van der Waals surface area contributed by atoms with E-state index in [-0.39, 0.29) is 5.69 Å². The molecule has 0 fully saturated rings. The van der Waals surface area contributed by atoms with Gasteiger partial charge < -0.3 is 5.32 Å². The number of benzene rings is 2. The Hall–Kier alpha value is -3.80. The van der Waals surface area contributed by atoms with E-state index in [4.69, 9.17) is 0 Å². The van der Waals surface area contributed by atoms with Crippen molar-refractivity contribution in [2.75, 3.05) is 5.32 Å². The molecular weight excluding hydrogens is 343 g/mol. The Morgan fingerprint density at radius 3 is 2.44 bits per heavy atom. The number of carbonyl (C=O) groups excluding carboxylic acids is 1. The van der Waals surface area contributed by atoms with E-state index in [1.54, 1.807) is 29.2 Å². The van der Waals surface area contributed by atoms with Gasteiger partial charge in [0.1, 0.15) is 5.82 Å². The van der Waals surface area contributed by atoms with Gasteiger partial charge in [0.15, 0.2) is 5.69 Å². The zero-order valence-corrected chi connectivity index (χ0v) is 14.2. The number of para-hydroxylation sites is 1. The fraction of sp³-hybridized carbons (Fsp3) is 0. The monoisotopic (exact) mass is 358 g/mol. The molecule has 0 aliphatic heterocycles. The quantitative estimate of drug-likeness (QED) is 0.591. The minimum atomic E-state index is -0.417. The van der Waals surface area contributed by atoms with Gasteiger partial charge in [-0.05, 0) is 48.5 Å². The standard InChI is InChI=1S/C21H15FN4O/c22-16-5-4-6-17(13-16)24-21(27)19-14-20(15-9-11-23-12-10-15)26(25-19)18-7-2-1-3-8-18/h1-14H,(H,24,27). The Morgan fingerprint density at radius 2 is 1.70 bits per heavy atom. The zero-order valence-electron chi connectivity index (χ0n) is 14.2. The molecule has 0 atom stereocenters. The van der Waals surface area contributed by atoms with Crippen molar-refractivity contribution in [2.45, 2.75) is 0 Å². The van der Waals surface area contributed by atoms with Gasteiger partial charge in [-0.3, -0.25) is 9.78 Å². The van der Waals surface area contributed by atoms with Crippen LogP contribution in [-0.4, -0.2) is 20.7 Å². The SMILES string of the molecule is O=C(Nc1cccc(F)c1)c1cc(-c2ccncc2)n(-c2ccccc2)n1. The lowest BCUT2D eigenvalue weighted by atomic mass is 10.2. The highest BCUT2D eigenvalue weighted by Crippen LogP contribution is 2.24. The third-order valence-electron chi connectivity index (χ3n) is 4.00. The molecule has 0 bridgehead atoms. The molecule has 0 saturated carbocycles. The van der Waals surface area contributed by atoms with Crippen molar-refractivity contribution in [3.8, 4) is 16.9 Å². The summed E-state index contributed by atoms with van der Waals surface area (Å²) in [5.41, 5.74) is 3.07. The largest absolute Gasteiger partial charge is 0.320 e. The van der Waals surface area contributed by atoms with Gasteiger partial charge >= 0.3 is 0 Å². The van der Waals surface area contributed by atoms with Crippen molar-refractivity contribution >= 4 is 11.6 Å². The van der Waals surface area contributed by atoms with E-state index in [1.807, 2.05) is 42.5 Å². The maximum Gasteiger partial charge on any atom is 0.276 e. The van der Waals surface area contributed by atoms with E-state index < -0.39 is 11.7 Å². The van der Waals surface area contributed by atoms with Gasteiger partial charge in [0, 0.05) is 23.6 Å². The lowest BCUT2D eigenvalue weighted by Gasteiger charge is -2.07. The first-order valence-corrected chi connectivity index (χ1v) is 8.33. The van der Waals surface area contributed by atoms with E-state index in [9.17, 15) is 9.18 Å². The number of hydrogen-bond donors (Lipinski definition) is 1. The second kappa shape index (κ2) is 7.21. The summed E-state index contributed by atoms with van der Waals surface area (Å²) < 4.78 is 15.1. The second-order valence-electron chi connectivity index (χ2n) is 5.86. The Balaban J connectivity index is 1.74. The summed E-state index contributed by atoms with van der Waals surface area (Å²) in [5.74, 6) is -0.828. The molecule has 4 rings (SSSR count). The number of halogens is 1. The van der Waals surface area contributed by atoms with Crippen LogP contribution in [0.4, 0.5) is 10.1 Å². The molecule has 0 saturated heterocycles. The highest BCUT2D eigenvalue weighted by Gasteiger charge is 2.17. The van der Waals surface area contributed by atoms with Gasteiger partial charge in [0.25, 0.3) is 5.91 Å². The summed E-state index contributed by atoms with van der Waals surface area (Å²) in [5, 5.41) is 7.14. The van der Waals surface area contributed by atoms with Crippen molar-refractivity contribution in [3.63, 3.8) is 0 Å². The zero-order chi connectivity index (χ0) is 18.6. The van der Waals surface area contributed by atoms with Gasteiger partial charge in [0.2, 0.25) is 0 Å². The number of nitrogens with zero attached hydrogens (tertiary/aromatic N) is 3.